The number of aliphatic hydroxyl groups is 1. The lowest BCUT2D eigenvalue weighted by molar-refractivity contribution is 0.198. The zero-order chi connectivity index (χ0) is 12.4. The van der Waals surface area contributed by atoms with E-state index in [2.05, 4.69) is 26.5 Å². The van der Waals surface area contributed by atoms with Crippen molar-refractivity contribution in [2.24, 2.45) is 11.8 Å². The van der Waals surface area contributed by atoms with Crippen molar-refractivity contribution < 1.29 is 5.11 Å². The Labute approximate surface area is 112 Å². The number of aromatic nitrogens is 3. The molecular formula is C13H21N3OS. The van der Waals surface area contributed by atoms with Crippen molar-refractivity contribution in [1.82, 2.24) is 14.8 Å². The Kier molecular flexibility index (Phi) is 3.89. The van der Waals surface area contributed by atoms with Gasteiger partial charge in [-0.25, -0.2) is 0 Å². The van der Waals surface area contributed by atoms with Crippen LogP contribution in [-0.2, 0) is 19.4 Å². The largest absolute Gasteiger partial charge is 0.396 e. The summed E-state index contributed by atoms with van der Waals surface area (Å²) in [5.41, 5.74) is 0. The Hall–Kier alpha value is -0.550. The van der Waals surface area contributed by atoms with Crippen LogP contribution in [0.5, 0.6) is 0 Å². The van der Waals surface area contributed by atoms with Crippen molar-refractivity contribution in [3.63, 3.8) is 0 Å². The highest BCUT2D eigenvalue weighted by molar-refractivity contribution is 7.99. The van der Waals surface area contributed by atoms with Crippen molar-refractivity contribution in [3.8, 4) is 0 Å². The molecule has 0 aromatic carbocycles. The average Bonchev–Trinajstić information content (AvgIpc) is 2.82. The lowest BCUT2D eigenvalue weighted by Gasteiger charge is -2.24. The van der Waals surface area contributed by atoms with E-state index in [0.29, 0.717) is 5.92 Å². The standard InChI is InChI=1S/C13H21N3OS/c17-9-11-1-4-16-12(14-15-13(16)8-11)7-10-2-5-18-6-3-10/h10-11,17H,1-9H2. The van der Waals surface area contributed by atoms with E-state index >= 15 is 0 Å². The second-order valence-corrected chi connectivity index (χ2v) is 6.71. The predicted octanol–water partition coefficient (Wildman–Crippen LogP) is 1.52. The Morgan fingerprint density at radius 3 is 2.78 bits per heavy atom. The first-order valence-corrected chi connectivity index (χ1v) is 8.12. The highest BCUT2D eigenvalue weighted by atomic mass is 32.2. The van der Waals surface area contributed by atoms with E-state index in [1.165, 1.54) is 30.2 Å². The van der Waals surface area contributed by atoms with E-state index in [-0.39, 0.29) is 6.61 Å². The minimum atomic E-state index is 0.280. The molecule has 0 aliphatic carbocycles. The molecule has 0 amide bonds. The van der Waals surface area contributed by atoms with Gasteiger partial charge in [0.15, 0.2) is 0 Å². The maximum Gasteiger partial charge on any atom is 0.133 e. The van der Waals surface area contributed by atoms with E-state index in [9.17, 15) is 5.11 Å². The zero-order valence-corrected chi connectivity index (χ0v) is 11.5. The molecular weight excluding hydrogens is 246 g/mol. The molecule has 1 N–H and O–H groups in total. The van der Waals surface area contributed by atoms with E-state index in [1.54, 1.807) is 0 Å². The summed E-state index contributed by atoms with van der Waals surface area (Å²) < 4.78 is 2.30. The van der Waals surface area contributed by atoms with Crippen LogP contribution in [0, 0.1) is 11.8 Å². The topological polar surface area (TPSA) is 50.9 Å². The molecule has 2 aliphatic rings. The van der Waals surface area contributed by atoms with Crippen molar-refractivity contribution in [3.05, 3.63) is 11.6 Å². The fraction of sp³-hybridized carbons (Fsp3) is 0.846. The molecule has 0 saturated carbocycles. The van der Waals surface area contributed by atoms with Gasteiger partial charge in [-0.15, -0.1) is 10.2 Å². The van der Waals surface area contributed by atoms with E-state index in [0.717, 1.165) is 37.5 Å². The number of nitrogens with zero attached hydrogens (tertiary/aromatic N) is 3. The quantitative estimate of drug-likeness (QED) is 0.902. The van der Waals surface area contributed by atoms with Crippen LogP contribution in [0.2, 0.25) is 0 Å². The summed E-state index contributed by atoms with van der Waals surface area (Å²) in [6.45, 7) is 1.27. The predicted molar refractivity (Wildman–Crippen MR) is 72.7 cm³/mol. The lowest BCUT2D eigenvalue weighted by Crippen LogP contribution is -2.24. The van der Waals surface area contributed by atoms with Gasteiger partial charge in [-0.05, 0) is 42.6 Å². The molecule has 1 fully saturated rings. The first-order valence-electron chi connectivity index (χ1n) is 6.96. The van der Waals surface area contributed by atoms with Gasteiger partial charge in [0.25, 0.3) is 0 Å². The molecule has 0 bridgehead atoms. The van der Waals surface area contributed by atoms with Gasteiger partial charge in [-0.3, -0.25) is 0 Å². The fourth-order valence-electron chi connectivity index (χ4n) is 2.97. The van der Waals surface area contributed by atoms with Crippen LogP contribution in [0.1, 0.15) is 30.9 Å². The summed E-state index contributed by atoms with van der Waals surface area (Å²) in [5.74, 6) is 6.06. The molecule has 5 heteroatoms. The highest BCUT2D eigenvalue weighted by Crippen LogP contribution is 2.27. The van der Waals surface area contributed by atoms with E-state index in [1.807, 2.05) is 0 Å². The molecule has 18 heavy (non-hydrogen) atoms. The fourth-order valence-corrected chi connectivity index (χ4v) is 4.17. The zero-order valence-electron chi connectivity index (χ0n) is 10.7. The number of hydrogen-bond donors (Lipinski definition) is 1. The molecule has 4 nitrogen and oxygen atoms in total. The monoisotopic (exact) mass is 267 g/mol. The summed E-state index contributed by atoms with van der Waals surface area (Å²) >= 11 is 2.07. The van der Waals surface area contributed by atoms with Crippen LogP contribution in [0.4, 0.5) is 0 Å². The van der Waals surface area contributed by atoms with Crippen LogP contribution in [-0.4, -0.2) is 38.0 Å². The van der Waals surface area contributed by atoms with Gasteiger partial charge in [0, 0.05) is 26.0 Å². The molecule has 1 unspecified atom stereocenters. The Bertz CT molecular complexity index is 401. The lowest BCUT2D eigenvalue weighted by atomic mass is 9.96. The molecule has 2 aliphatic heterocycles. The third-order valence-corrected chi connectivity index (χ3v) is 5.26. The Balaban J connectivity index is 1.68. The summed E-state index contributed by atoms with van der Waals surface area (Å²) in [7, 11) is 0. The van der Waals surface area contributed by atoms with Crippen LogP contribution in [0.15, 0.2) is 0 Å². The normalized spacial score (nSPS) is 25.1. The smallest absolute Gasteiger partial charge is 0.133 e. The number of rotatable bonds is 3. The number of hydrogen-bond acceptors (Lipinski definition) is 4. The van der Waals surface area contributed by atoms with Crippen LogP contribution < -0.4 is 0 Å². The molecule has 1 saturated heterocycles. The highest BCUT2D eigenvalue weighted by Gasteiger charge is 2.24. The Morgan fingerprint density at radius 2 is 2.00 bits per heavy atom. The maximum atomic E-state index is 9.22. The van der Waals surface area contributed by atoms with Gasteiger partial charge in [0.2, 0.25) is 0 Å². The van der Waals surface area contributed by atoms with Crippen LogP contribution in [0.25, 0.3) is 0 Å². The average molecular weight is 267 g/mol. The van der Waals surface area contributed by atoms with Crippen LogP contribution >= 0.6 is 11.8 Å². The van der Waals surface area contributed by atoms with Gasteiger partial charge in [0.05, 0.1) is 0 Å². The Morgan fingerprint density at radius 1 is 1.17 bits per heavy atom. The minimum Gasteiger partial charge on any atom is -0.396 e. The van der Waals surface area contributed by atoms with Gasteiger partial charge in [-0.1, -0.05) is 0 Å². The second-order valence-electron chi connectivity index (χ2n) is 5.49. The van der Waals surface area contributed by atoms with E-state index < -0.39 is 0 Å². The summed E-state index contributed by atoms with van der Waals surface area (Å²) in [6.07, 6.45) is 5.70. The van der Waals surface area contributed by atoms with Crippen molar-refractivity contribution >= 4 is 11.8 Å². The summed E-state index contributed by atoms with van der Waals surface area (Å²) in [4.78, 5) is 0. The minimum absolute atomic E-state index is 0.280. The summed E-state index contributed by atoms with van der Waals surface area (Å²) in [6, 6.07) is 0. The molecule has 0 spiro atoms. The van der Waals surface area contributed by atoms with Gasteiger partial charge < -0.3 is 9.67 Å². The second kappa shape index (κ2) is 5.61. The first-order chi connectivity index (χ1) is 8.86. The third kappa shape index (κ3) is 2.57. The molecule has 1 aromatic rings. The van der Waals surface area contributed by atoms with Gasteiger partial charge in [-0.2, -0.15) is 11.8 Å². The molecule has 3 heterocycles. The van der Waals surface area contributed by atoms with Crippen molar-refractivity contribution in [2.45, 2.75) is 38.6 Å². The SMILES string of the molecule is OCC1CCn2c(nnc2CC2CCSCC2)C1. The first kappa shape index (κ1) is 12.5. The third-order valence-electron chi connectivity index (χ3n) is 4.21. The number of aliphatic hydroxyl groups excluding tert-OH is 1. The summed E-state index contributed by atoms with van der Waals surface area (Å²) in [5, 5.41) is 17.9. The van der Waals surface area contributed by atoms with Crippen LogP contribution in [0.3, 0.4) is 0 Å². The molecule has 1 aromatic heterocycles. The van der Waals surface area contributed by atoms with Crippen molar-refractivity contribution in [2.75, 3.05) is 18.1 Å². The molecule has 0 radical (unpaired) electrons. The number of thioether (sulfide) groups is 1. The number of fused-ring (bicyclic) bond motifs is 1. The van der Waals surface area contributed by atoms with Gasteiger partial charge in [0.1, 0.15) is 11.6 Å². The molecule has 1 atom stereocenters. The van der Waals surface area contributed by atoms with Crippen molar-refractivity contribution in [1.29, 1.82) is 0 Å². The molecule has 3 rings (SSSR count). The van der Waals surface area contributed by atoms with E-state index in [4.69, 9.17) is 0 Å². The molecule has 100 valence electrons. The van der Waals surface area contributed by atoms with Gasteiger partial charge >= 0.3 is 0 Å². The maximum absolute atomic E-state index is 9.22.